The molecule has 0 radical (unpaired) electrons. The van der Waals surface area contributed by atoms with Crippen LogP contribution in [0.15, 0.2) is 48.0 Å². The van der Waals surface area contributed by atoms with Crippen LogP contribution in [0, 0.1) is 0 Å². The number of nitrogens with one attached hydrogen (secondary N) is 1. The molecule has 1 aliphatic rings. The minimum absolute atomic E-state index is 0.187. The van der Waals surface area contributed by atoms with Gasteiger partial charge < -0.3 is 19.5 Å². The van der Waals surface area contributed by atoms with Crippen molar-refractivity contribution in [3.63, 3.8) is 0 Å². The van der Waals surface area contributed by atoms with E-state index in [1.54, 1.807) is 7.11 Å². The lowest BCUT2D eigenvalue weighted by molar-refractivity contribution is -0.113. The summed E-state index contributed by atoms with van der Waals surface area (Å²) in [6, 6.07) is 12.8. The van der Waals surface area contributed by atoms with Gasteiger partial charge in [0.25, 0.3) is 5.91 Å². The summed E-state index contributed by atoms with van der Waals surface area (Å²) in [5, 5.41) is 2.87. The number of anilines is 1. The molecule has 2 aromatic rings. The first-order chi connectivity index (χ1) is 11.7. The Morgan fingerprint density at radius 2 is 1.92 bits per heavy atom. The van der Waals surface area contributed by atoms with Gasteiger partial charge in [-0.3, -0.25) is 4.79 Å². The van der Waals surface area contributed by atoms with E-state index in [0.29, 0.717) is 17.9 Å². The van der Waals surface area contributed by atoms with Crippen LogP contribution in [0.2, 0.25) is 0 Å². The van der Waals surface area contributed by atoms with Crippen LogP contribution in [0.4, 0.5) is 5.69 Å². The number of benzene rings is 2. The maximum absolute atomic E-state index is 12.4. The Labute approximate surface area is 140 Å². The maximum atomic E-state index is 12.4. The molecule has 5 nitrogen and oxygen atoms in total. The Bertz CT molecular complexity index is 765. The van der Waals surface area contributed by atoms with Crippen molar-refractivity contribution in [3.8, 4) is 17.2 Å². The summed E-state index contributed by atoms with van der Waals surface area (Å²) < 4.78 is 16.2. The quantitative estimate of drug-likeness (QED) is 0.914. The second kappa shape index (κ2) is 7.08. The predicted molar refractivity (Wildman–Crippen MR) is 92.7 cm³/mol. The van der Waals surface area contributed by atoms with Gasteiger partial charge >= 0.3 is 0 Å². The van der Waals surface area contributed by atoms with Crippen LogP contribution in [-0.2, 0) is 4.79 Å². The Balaban J connectivity index is 1.73. The Morgan fingerprint density at radius 1 is 1.17 bits per heavy atom. The van der Waals surface area contributed by atoms with Crippen LogP contribution < -0.4 is 19.5 Å². The molecule has 5 heteroatoms. The van der Waals surface area contributed by atoms with Crippen molar-refractivity contribution in [2.75, 3.05) is 25.6 Å². The van der Waals surface area contributed by atoms with Crippen LogP contribution in [0.1, 0.15) is 12.5 Å². The molecule has 24 heavy (non-hydrogen) atoms. The van der Waals surface area contributed by atoms with Gasteiger partial charge in [-0.2, -0.15) is 0 Å². The lowest BCUT2D eigenvalue weighted by Crippen LogP contribution is -2.21. The predicted octanol–water partition coefficient (Wildman–Crippen LogP) is 3.51. The van der Waals surface area contributed by atoms with Gasteiger partial charge in [0, 0.05) is 11.3 Å². The van der Waals surface area contributed by atoms with Gasteiger partial charge in [0.2, 0.25) is 0 Å². The molecular formula is C19H19NO4. The number of carbonyl (C=O) groups excluding carboxylic acids is 1. The second-order valence-electron chi connectivity index (χ2n) is 5.27. The molecule has 0 aliphatic carbocycles. The summed E-state index contributed by atoms with van der Waals surface area (Å²) in [5.41, 5.74) is 2.10. The third-order valence-corrected chi connectivity index (χ3v) is 3.64. The number of amides is 1. The Kier molecular flexibility index (Phi) is 4.70. The Morgan fingerprint density at radius 3 is 2.62 bits per heavy atom. The summed E-state index contributed by atoms with van der Waals surface area (Å²) >= 11 is 0. The van der Waals surface area contributed by atoms with Crippen molar-refractivity contribution in [1.29, 1.82) is 0 Å². The highest BCUT2D eigenvalue weighted by atomic mass is 16.5. The summed E-state index contributed by atoms with van der Waals surface area (Å²) in [4.78, 5) is 12.4. The maximum Gasteiger partial charge on any atom is 0.255 e. The van der Waals surface area contributed by atoms with E-state index in [0.717, 1.165) is 22.8 Å². The van der Waals surface area contributed by atoms with E-state index >= 15 is 0 Å². The van der Waals surface area contributed by atoms with Crippen molar-refractivity contribution >= 4 is 17.7 Å². The molecule has 0 bridgehead atoms. The van der Waals surface area contributed by atoms with Gasteiger partial charge in [-0.05, 0) is 55.5 Å². The molecule has 124 valence electrons. The summed E-state index contributed by atoms with van der Waals surface area (Å²) in [7, 11) is 1.61. The molecule has 0 aromatic heterocycles. The topological polar surface area (TPSA) is 56.8 Å². The van der Waals surface area contributed by atoms with Gasteiger partial charge in [0.15, 0.2) is 0 Å². The molecule has 1 aliphatic heterocycles. The largest absolute Gasteiger partial charge is 0.497 e. The number of hydrogen-bond donors (Lipinski definition) is 1. The van der Waals surface area contributed by atoms with Crippen LogP contribution in [-0.4, -0.2) is 26.2 Å². The summed E-state index contributed by atoms with van der Waals surface area (Å²) in [6.45, 7) is 2.78. The molecule has 3 rings (SSSR count). The summed E-state index contributed by atoms with van der Waals surface area (Å²) in [6.07, 6.45) is 1.82. The first-order valence-electron chi connectivity index (χ1n) is 7.75. The number of methoxy groups -OCH3 is 1. The monoisotopic (exact) mass is 325 g/mol. The van der Waals surface area contributed by atoms with E-state index in [2.05, 4.69) is 5.32 Å². The highest BCUT2D eigenvalue weighted by Crippen LogP contribution is 2.30. The number of rotatable bonds is 5. The lowest BCUT2D eigenvalue weighted by atomic mass is 10.1. The molecule has 0 saturated heterocycles. The van der Waals surface area contributed by atoms with Crippen LogP contribution in [0.25, 0.3) is 6.08 Å². The number of ether oxygens (including phenoxy) is 3. The molecule has 2 aromatic carbocycles. The second-order valence-corrected chi connectivity index (χ2v) is 5.27. The fourth-order valence-corrected chi connectivity index (χ4v) is 2.43. The molecule has 1 heterocycles. The van der Waals surface area contributed by atoms with E-state index < -0.39 is 0 Å². The molecule has 0 atom stereocenters. The first kappa shape index (κ1) is 15.9. The minimum Gasteiger partial charge on any atom is -0.497 e. The molecule has 0 unspecified atom stereocenters. The zero-order chi connectivity index (χ0) is 16.9. The van der Waals surface area contributed by atoms with Gasteiger partial charge in [-0.1, -0.05) is 0 Å². The van der Waals surface area contributed by atoms with Crippen LogP contribution >= 0.6 is 0 Å². The van der Waals surface area contributed by atoms with Gasteiger partial charge in [0.05, 0.1) is 19.3 Å². The van der Waals surface area contributed by atoms with Crippen molar-refractivity contribution in [1.82, 2.24) is 0 Å². The molecule has 1 N–H and O–H groups in total. The standard InChI is InChI=1S/C19H19NO4/c1-3-23-16-6-4-15(5-7-16)20-19(21)14-10-13-11-17(22-2)8-9-18(13)24-12-14/h4-11H,3,12H2,1-2H3,(H,20,21). The van der Waals surface area contributed by atoms with Gasteiger partial charge in [0.1, 0.15) is 23.9 Å². The van der Waals surface area contributed by atoms with E-state index in [-0.39, 0.29) is 12.5 Å². The van der Waals surface area contributed by atoms with E-state index in [9.17, 15) is 4.79 Å². The van der Waals surface area contributed by atoms with Crippen LogP contribution in [0.3, 0.4) is 0 Å². The normalized spacial score (nSPS) is 12.5. The van der Waals surface area contributed by atoms with Gasteiger partial charge in [-0.15, -0.1) is 0 Å². The van der Waals surface area contributed by atoms with Crippen molar-refractivity contribution in [3.05, 3.63) is 53.6 Å². The number of hydrogen-bond acceptors (Lipinski definition) is 4. The smallest absolute Gasteiger partial charge is 0.255 e. The third-order valence-electron chi connectivity index (χ3n) is 3.64. The lowest BCUT2D eigenvalue weighted by Gasteiger charge is -2.18. The average molecular weight is 325 g/mol. The Hall–Kier alpha value is -2.95. The molecule has 0 fully saturated rings. The molecule has 0 spiro atoms. The molecule has 0 saturated carbocycles. The molecular weight excluding hydrogens is 306 g/mol. The van der Waals surface area contributed by atoms with Crippen molar-refractivity contribution < 1.29 is 19.0 Å². The van der Waals surface area contributed by atoms with Crippen molar-refractivity contribution in [2.45, 2.75) is 6.92 Å². The van der Waals surface area contributed by atoms with Crippen LogP contribution in [0.5, 0.6) is 17.2 Å². The number of fused-ring (bicyclic) bond motifs is 1. The van der Waals surface area contributed by atoms with E-state index in [4.69, 9.17) is 14.2 Å². The average Bonchev–Trinajstić information content (AvgIpc) is 2.62. The highest BCUT2D eigenvalue weighted by molar-refractivity contribution is 6.07. The SMILES string of the molecule is CCOc1ccc(NC(=O)C2=Cc3cc(OC)ccc3OC2)cc1. The van der Waals surface area contributed by atoms with E-state index in [1.165, 1.54) is 0 Å². The third kappa shape index (κ3) is 3.51. The number of carbonyl (C=O) groups is 1. The summed E-state index contributed by atoms with van der Waals surface area (Å²) in [5.74, 6) is 2.06. The molecule has 1 amide bonds. The van der Waals surface area contributed by atoms with Crippen molar-refractivity contribution in [2.24, 2.45) is 0 Å². The first-order valence-corrected chi connectivity index (χ1v) is 7.75. The van der Waals surface area contributed by atoms with Gasteiger partial charge in [-0.25, -0.2) is 0 Å². The fourth-order valence-electron chi connectivity index (χ4n) is 2.43. The highest BCUT2D eigenvalue weighted by Gasteiger charge is 2.18. The zero-order valence-corrected chi connectivity index (χ0v) is 13.7. The fraction of sp³-hybridized carbons (Fsp3) is 0.211. The van der Waals surface area contributed by atoms with E-state index in [1.807, 2.05) is 55.5 Å². The zero-order valence-electron chi connectivity index (χ0n) is 13.7. The minimum atomic E-state index is -0.187.